The van der Waals surface area contributed by atoms with Crippen LogP contribution < -0.4 is 15.0 Å². The molecule has 0 radical (unpaired) electrons. The predicted molar refractivity (Wildman–Crippen MR) is 118 cm³/mol. The lowest BCUT2D eigenvalue weighted by atomic mass is 10.00. The number of ether oxygens (including phenoxy) is 1. The van der Waals surface area contributed by atoms with Crippen molar-refractivity contribution in [1.82, 2.24) is 9.97 Å². The Labute approximate surface area is 172 Å². The van der Waals surface area contributed by atoms with E-state index >= 15 is 0 Å². The first kappa shape index (κ1) is 19.2. The lowest BCUT2D eigenvalue weighted by Gasteiger charge is -2.30. The van der Waals surface area contributed by atoms with Gasteiger partial charge >= 0.3 is 0 Å². The summed E-state index contributed by atoms with van der Waals surface area (Å²) in [6.07, 6.45) is 2.37. The average Bonchev–Trinajstić information content (AvgIpc) is 2.79. The van der Waals surface area contributed by atoms with Crippen molar-refractivity contribution < 1.29 is 4.74 Å². The number of piperidine rings is 1. The molecule has 1 fully saturated rings. The van der Waals surface area contributed by atoms with E-state index in [1.165, 1.54) is 12.8 Å². The fraction of sp³-hybridized carbons (Fsp3) is 0.333. The minimum absolute atomic E-state index is 0.645. The Morgan fingerprint density at radius 1 is 1.00 bits per heavy atom. The molecule has 5 heteroatoms. The van der Waals surface area contributed by atoms with Crippen LogP contribution in [0.3, 0.4) is 0 Å². The summed E-state index contributed by atoms with van der Waals surface area (Å²) in [6.45, 7) is 4.97. The van der Waals surface area contributed by atoms with Crippen LogP contribution in [0.2, 0.25) is 0 Å². The summed E-state index contributed by atoms with van der Waals surface area (Å²) in [6, 6.07) is 20.4. The maximum Gasteiger partial charge on any atom is 0.227 e. The second-order valence-corrected chi connectivity index (χ2v) is 7.64. The third kappa shape index (κ3) is 4.67. The summed E-state index contributed by atoms with van der Waals surface area (Å²) < 4.78 is 5.47. The fourth-order valence-electron chi connectivity index (χ4n) is 3.67. The Balaban J connectivity index is 1.62. The van der Waals surface area contributed by atoms with E-state index in [4.69, 9.17) is 14.7 Å². The Hall–Kier alpha value is -3.08. The number of nitrogens with zero attached hydrogens (tertiary/aromatic N) is 3. The average molecular weight is 389 g/mol. The second-order valence-electron chi connectivity index (χ2n) is 7.64. The summed E-state index contributed by atoms with van der Waals surface area (Å²) in [7, 11) is 1.70. The molecule has 1 aliphatic rings. The number of anilines is 2. The first-order chi connectivity index (χ1) is 14.2. The van der Waals surface area contributed by atoms with Gasteiger partial charge in [-0.05, 0) is 24.8 Å². The zero-order chi connectivity index (χ0) is 20.1. The van der Waals surface area contributed by atoms with Gasteiger partial charge in [-0.15, -0.1) is 0 Å². The molecule has 0 spiro atoms. The lowest BCUT2D eigenvalue weighted by Crippen LogP contribution is -2.34. The Morgan fingerprint density at radius 2 is 1.72 bits per heavy atom. The van der Waals surface area contributed by atoms with Crippen molar-refractivity contribution in [2.45, 2.75) is 26.3 Å². The molecule has 4 rings (SSSR count). The summed E-state index contributed by atoms with van der Waals surface area (Å²) in [5.74, 6) is 3.29. The van der Waals surface area contributed by atoms with Gasteiger partial charge in [-0.25, -0.2) is 4.98 Å². The van der Waals surface area contributed by atoms with Gasteiger partial charge in [0.1, 0.15) is 11.6 Å². The van der Waals surface area contributed by atoms with Crippen LogP contribution in [0.5, 0.6) is 5.75 Å². The molecule has 3 aromatic rings. The van der Waals surface area contributed by atoms with Crippen molar-refractivity contribution in [1.29, 1.82) is 0 Å². The van der Waals surface area contributed by atoms with Crippen molar-refractivity contribution in [2.75, 3.05) is 30.4 Å². The summed E-state index contributed by atoms with van der Waals surface area (Å²) >= 11 is 0. The van der Waals surface area contributed by atoms with Crippen LogP contribution >= 0.6 is 0 Å². The highest BCUT2D eigenvalue weighted by atomic mass is 16.5. The summed E-state index contributed by atoms with van der Waals surface area (Å²) in [4.78, 5) is 12.0. The molecule has 1 aliphatic heterocycles. The van der Waals surface area contributed by atoms with Crippen LogP contribution in [0.15, 0.2) is 60.7 Å². The molecule has 0 amide bonds. The van der Waals surface area contributed by atoms with Gasteiger partial charge in [0.15, 0.2) is 0 Å². The number of rotatable bonds is 6. The maximum atomic E-state index is 5.47. The van der Waals surface area contributed by atoms with Crippen LogP contribution in [0.4, 0.5) is 11.8 Å². The topological polar surface area (TPSA) is 50.3 Å². The van der Waals surface area contributed by atoms with Crippen molar-refractivity contribution in [3.8, 4) is 17.0 Å². The number of hydrogen-bond acceptors (Lipinski definition) is 5. The molecule has 1 N–H and O–H groups in total. The van der Waals surface area contributed by atoms with Gasteiger partial charge < -0.3 is 15.0 Å². The van der Waals surface area contributed by atoms with Gasteiger partial charge in [0, 0.05) is 36.8 Å². The van der Waals surface area contributed by atoms with Crippen LogP contribution in [0.25, 0.3) is 11.3 Å². The van der Waals surface area contributed by atoms with Crippen LogP contribution in [-0.4, -0.2) is 30.2 Å². The van der Waals surface area contributed by atoms with Crippen molar-refractivity contribution in [3.05, 3.63) is 66.2 Å². The second kappa shape index (κ2) is 8.95. The van der Waals surface area contributed by atoms with Gasteiger partial charge in [-0.2, -0.15) is 4.98 Å². The highest BCUT2D eigenvalue weighted by Crippen LogP contribution is 2.26. The van der Waals surface area contributed by atoms with Gasteiger partial charge in [-0.1, -0.05) is 55.5 Å². The lowest BCUT2D eigenvalue weighted by molar-refractivity contribution is 0.410. The predicted octanol–water partition coefficient (Wildman–Crippen LogP) is 5.00. The Morgan fingerprint density at radius 3 is 2.48 bits per heavy atom. The quantitative estimate of drug-likeness (QED) is 0.644. The molecular formula is C24H28N4O. The zero-order valence-electron chi connectivity index (χ0n) is 17.1. The number of benzene rings is 2. The van der Waals surface area contributed by atoms with E-state index in [1.54, 1.807) is 7.11 Å². The molecule has 0 atom stereocenters. The monoisotopic (exact) mass is 388 g/mol. The number of methoxy groups -OCH3 is 1. The summed E-state index contributed by atoms with van der Waals surface area (Å²) in [5.41, 5.74) is 3.14. The van der Waals surface area contributed by atoms with Crippen LogP contribution in [0, 0.1) is 5.92 Å². The number of aromatic nitrogens is 2. The first-order valence-corrected chi connectivity index (χ1v) is 10.3. The smallest absolute Gasteiger partial charge is 0.227 e. The van der Waals surface area contributed by atoms with Gasteiger partial charge in [0.05, 0.1) is 12.8 Å². The summed E-state index contributed by atoms with van der Waals surface area (Å²) in [5, 5.41) is 3.48. The molecule has 2 aromatic carbocycles. The minimum atomic E-state index is 0.645. The first-order valence-electron chi connectivity index (χ1n) is 10.3. The number of para-hydroxylation sites is 1. The van der Waals surface area contributed by atoms with Crippen molar-refractivity contribution in [3.63, 3.8) is 0 Å². The maximum absolute atomic E-state index is 5.47. The molecule has 0 bridgehead atoms. The molecule has 2 heterocycles. The Bertz CT molecular complexity index is 937. The van der Waals surface area contributed by atoms with Gasteiger partial charge in [-0.3, -0.25) is 0 Å². The van der Waals surface area contributed by atoms with Gasteiger partial charge in [0.25, 0.3) is 0 Å². The third-order valence-corrected chi connectivity index (χ3v) is 5.50. The largest absolute Gasteiger partial charge is 0.496 e. The molecule has 1 aromatic heterocycles. The molecular weight excluding hydrogens is 360 g/mol. The highest BCUT2D eigenvalue weighted by molar-refractivity contribution is 5.64. The molecule has 5 nitrogen and oxygen atoms in total. The van der Waals surface area contributed by atoms with E-state index in [1.807, 2.05) is 42.5 Å². The molecule has 29 heavy (non-hydrogen) atoms. The SMILES string of the molecule is COc1ccccc1CNc1cc(-c2ccccc2)nc(N2CCC(C)CC2)n1. The highest BCUT2D eigenvalue weighted by Gasteiger charge is 2.19. The number of hydrogen-bond donors (Lipinski definition) is 1. The minimum Gasteiger partial charge on any atom is -0.496 e. The molecule has 1 saturated heterocycles. The fourth-order valence-corrected chi connectivity index (χ4v) is 3.67. The van der Waals surface area contributed by atoms with E-state index in [0.29, 0.717) is 6.54 Å². The van der Waals surface area contributed by atoms with Crippen LogP contribution in [0.1, 0.15) is 25.3 Å². The normalized spacial score (nSPS) is 14.6. The van der Waals surface area contributed by atoms with E-state index in [0.717, 1.165) is 53.3 Å². The van der Waals surface area contributed by atoms with Crippen LogP contribution in [-0.2, 0) is 6.54 Å². The van der Waals surface area contributed by atoms with E-state index < -0.39 is 0 Å². The molecule has 0 aliphatic carbocycles. The van der Waals surface area contributed by atoms with E-state index in [9.17, 15) is 0 Å². The zero-order valence-corrected chi connectivity index (χ0v) is 17.1. The Kier molecular flexibility index (Phi) is 5.94. The number of nitrogens with one attached hydrogen (secondary N) is 1. The molecule has 150 valence electrons. The molecule has 0 unspecified atom stereocenters. The standard InChI is InChI=1S/C24H28N4O/c1-18-12-14-28(15-13-18)24-26-21(19-8-4-3-5-9-19)16-23(27-24)25-17-20-10-6-7-11-22(20)29-2/h3-11,16,18H,12-15,17H2,1-2H3,(H,25,26,27). The van der Waals surface area contributed by atoms with E-state index in [-0.39, 0.29) is 0 Å². The van der Waals surface area contributed by atoms with Crippen molar-refractivity contribution in [2.24, 2.45) is 5.92 Å². The van der Waals surface area contributed by atoms with E-state index in [2.05, 4.69) is 35.3 Å². The third-order valence-electron chi connectivity index (χ3n) is 5.50. The molecule has 0 saturated carbocycles. The van der Waals surface area contributed by atoms with Gasteiger partial charge in [0.2, 0.25) is 5.95 Å². The van der Waals surface area contributed by atoms with Crippen molar-refractivity contribution >= 4 is 11.8 Å².